The minimum Gasteiger partial charge on any atom is -0.497 e. The number of rotatable bonds is 5. The molecule has 0 amide bonds. The largest absolute Gasteiger partial charge is 0.497 e. The summed E-state index contributed by atoms with van der Waals surface area (Å²) in [7, 11) is 1.69. The van der Waals surface area contributed by atoms with Gasteiger partial charge < -0.3 is 14.5 Å². The number of likely N-dealkylation sites (tertiary alicyclic amines) is 1. The summed E-state index contributed by atoms with van der Waals surface area (Å²) in [5, 5.41) is 4.80. The van der Waals surface area contributed by atoms with Crippen LogP contribution in [0.25, 0.3) is 5.52 Å². The number of benzene rings is 1. The van der Waals surface area contributed by atoms with E-state index in [0.29, 0.717) is 17.3 Å². The van der Waals surface area contributed by atoms with Crippen molar-refractivity contribution in [3.63, 3.8) is 0 Å². The lowest BCUT2D eigenvalue weighted by Crippen LogP contribution is -2.46. The predicted molar refractivity (Wildman–Crippen MR) is 112 cm³/mol. The second-order valence-electron chi connectivity index (χ2n) is 8.24. The molecule has 158 valence electrons. The molecule has 1 N–H and O–H groups in total. The van der Waals surface area contributed by atoms with Crippen molar-refractivity contribution in [3.05, 3.63) is 58.0 Å². The summed E-state index contributed by atoms with van der Waals surface area (Å²) in [5.41, 5.74) is 1.65. The quantitative estimate of drug-likeness (QED) is 0.697. The van der Waals surface area contributed by atoms with Crippen molar-refractivity contribution in [2.75, 3.05) is 33.4 Å². The molecule has 30 heavy (non-hydrogen) atoms. The normalized spacial score (nSPS) is 19.7. The third-order valence-electron chi connectivity index (χ3n) is 6.45. The number of fused-ring (bicyclic) bond motifs is 1. The number of aromatic nitrogens is 4. The third kappa shape index (κ3) is 3.40. The lowest BCUT2D eigenvalue weighted by molar-refractivity contribution is 0.0829. The van der Waals surface area contributed by atoms with Crippen LogP contribution in [0.4, 0.5) is 0 Å². The van der Waals surface area contributed by atoms with Crippen molar-refractivity contribution in [3.8, 4) is 5.75 Å². The molecule has 0 aliphatic carbocycles. The van der Waals surface area contributed by atoms with Gasteiger partial charge >= 0.3 is 0 Å². The first-order chi connectivity index (χ1) is 14.6. The van der Waals surface area contributed by atoms with Gasteiger partial charge in [0.05, 0.1) is 19.3 Å². The Kier molecular flexibility index (Phi) is 5.04. The average Bonchev–Trinajstić information content (AvgIpc) is 3.18. The summed E-state index contributed by atoms with van der Waals surface area (Å²) in [4.78, 5) is 22.5. The van der Waals surface area contributed by atoms with Gasteiger partial charge in [-0.2, -0.15) is 5.10 Å². The molecule has 1 atom stereocenters. The molecule has 4 heterocycles. The molecule has 0 radical (unpaired) electrons. The third-order valence-corrected chi connectivity index (χ3v) is 6.45. The van der Waals surface area contributed by atoms with E-state index < -0.39 is 0 Å². The zero-order valence-electron chi connectivity index (χ0n) is 17.4. The Balaban J connectivity index is 1.36. The first-order valence-corrected chi connectivity index (χ1v) is 10.6. The molecule has 1 unspecified atom stereocenters. The average molecular weight is 409 g/mol. The molecule has 2 saturated heterocycles. The van der Waals surface area contributed by atoms with E-state index in [1.165, 1.54) is 5.56 Å². The topological polar surface area (TPSA) is 84.8 Å². The van der Waals surface area contributed by atoms with Gasteiger partial charge in [0.1, 0.15) is 17.4 Å². The van der Waals surface area contributed by atoms with Crippen LogP contribution in [-0.4, -0.2) is 57.9 Å². The lowest BCUT2D eigenvalue weighted by atomic mass is 9.90. The van der Waals surface area contributed by atoms with E-state index in [-0.39, 0.29) is 17.5 Å². The fourth-order valence-corrected chi connectivity index (χ4v) is 4.46. The van der Waals surface area contributed by atoms with Gasteiger partial charge in [0.2, 0.25) is 0 Å². The molecule has 2 fully saturated rings. The number of ether oxygens (including phenoxy) is 2. The van der Waals surface area contributed by atoms with E-state index in [2.05, 4.69) is 33.9 Å². The smallest absolute Gasteiger partial charge is 0.277 e. The van der Waals surface area contributed by atoms with Gasteiger partial charge in [0, 0.05) is 38.1 Å². The predicted octanol–water partition coefficient (Wildman–Crippen LogP) is 2.48. The van der Waals surface area contributed by atoms with Crippen LogP contribution in [0.2, 0.25) is 0 Å². The summed E-state index contributed by atoms with van der Waals surface area (Å²) in [6.45, 7) is 5.40. The summed E-state index contributed by atoms with van der Waals surface area (Å²) in [6, 6.07) is 8.27. The van der Waals surface area contributed by atoms with Crippen molar-refractivity contribution < 1.29 is 9.47 Å². The lowest BCUT2D eigenvalue weighted by Gasteiger charge is -2.43. The van der Waals surface area contributed by atoms with Crippen LogP contribution in [-0.2, 0) is 4.74 Å². The van der Waals surface area contributed by atoms with Gasteiger partial charge in [-0.05, 0) is 37.5 Å². The van der Waals surface area contributed by atoms with Gasteiger partial charge in [-0.25, -0.2) is 9.50 Å². The first kappa shape index (κ1) is 19.3. The van der Waals surface area contributed by atoms with E-state index in [4.69, 9.17) is 14.6 Å². The number of methoxy groups -OCH3 is 1. The van der Waals surface area contributed by atoms with Crippen LogP contribution in [0.15, 0.2) is 35.3 Å². The van der Waals surface area contributed by atoms with Crippen LogP contribution in [0.3, 0.4) is 0 Å². The Morgan fingerprint density at radius 1 is 1.23 bits per heavy atom. The number of imidazole rings is 1. The number of nitrogens with zero attached hydrogens (tertiary/aromatic N) is 4. The van der Waals surface area contributed by atoms with Crippen molar-refractivity contribution >= 4 is 5.52 Å². The Bertz CT molecular complexity index is 1100. The number of H-pyrrole nitrogens is 1. The molecule has 0 spiro atoms. The fraction of sp³-hybridized carbons (Fsp3) is 0.500. The zero-order valence-corrected chi connectivity index (χ0v) is 17.4. The Morgan fingerprint density at radius 3 is 2.80 bits per heavy atom. The van der Waals surface area contributed by atoms with E-state index >= 15 is 0 Å². The maximum atomic E-state index is 12.7. The van der Waals surface area contributed by atoms with E-state index in [1.54, 1.807) is 17.8 Å². The Morgan fingerprint density at radius 2 is 2.03 bits per heavy atom. The Hall–Kier alpha value is -2.71. The summed E-state index contributed by atoms with van der Waals surface area (Å²) >= 11 is 0. The van der Waals surface area contributed by atoms with Crippen molar-refractivity contribution in [2.24, 2.45) is 0 Å². The first-order valence-electron chi connectivity index (χ1n) is 10.6. The number of aromatic amines is 1. The molecule has 2 aromatic heterocycles. The highest BCUT2D eigenvalue weighted by atomic mass is 16.5. The summed E-state index contributed by atoms with van der Waals surface area (Å²) < 4.78 is 12.6. The van der Waals surface area contributed by atoms with Crippen LogP contribution in [0, 0.1) is 0 Å². The van der Waals surface area contributed by atoms with E-state index in [0.717, 1.165) is 50.7 Å². The molecule has 8 nitrogen and oxygen atoms in total. The standard InChI is InChI=1S/C22H27N5O3/c1-14(26-12-17(13-26)16-4-3-5-18(10-16)29-2)20-24-22(28)19-11-23-21(27(19)25-20)15-6-8-30-9-7-15/h3-5,10-11,14-15,17H,6-9,12-13H2,1-2H3,(H,24,25,28). The SMILES string of the molecule is COc1cccc(C2CN(C(C)c3nn4c(C5CCOCC5)ncc4c(=O)[nH]3)C2)c1. The van der Waals surface area contributed by atoms with Crippen molar-refractivity contribution in [1.29, 1.82) is 0 Å². The van der Waals surface area contributed by atoms with E-state index in [9.17, 15) is 4.79 Å². The van der Waals surface area contributed by atoms with E-state index in [1.807, 2.05) is 12.1 Å². The van der Waals surface area contributed by atoms with Crippen LogP contribution >= 0.6 is 0 Å². The molecule has 5 rings (SSSR count). The maximum Gasteiger partial charge on any atom is 0.277 e. The highest BCUT2D eigenvalue weighted by Crippen LogP contribution is 2.34. The minimum atomic E-state index is -0.137. The van der Waals surface area contributed by atoms with Crippen LogP contribution in [0.1, 0.15) is 54.9 Å². The van der Waals surface area contributed by atoms with Crippen LogP contribution in [0.5, 0.6) is 5.75 Å². The number of hydrogen-bond acceptors (Lipinski definition) is 6. The van der Waals surface area contributed by atoms with Crippen molar-refractivity contribution in [1.82, 2.24) is 24.5 Å². The molecular formula is C22H27N5O3. The fourth-order valence-electron chi connectivity index (χ4n) is 4.46. The van der Waals surface area contributed by atoms with Gasteiger partial charge in [-0.1, -0.05) is 12.1 Å². The van der Waals surface area contributed by atoms with Gasteiger partial charge in [0.15, 0.2) is 5.52 Å². The van der Waals surface area contributed by atoms with Gasteiger partial charge in [0.25, 0.3) is 5.56 Å². The zero-order chi connectivity index (χ0) is 20.7. The molecule has 0 saturated carbocycles. The second kappa shape index (κ2) is 7.85. The molecule has 1 aromatic carbocycles. The molecule has 2 aliphatic heterocycles. The Labute approximate surface area is 174 Å². The number of nitrogens with one attached hydrogen (secondary N) is 1. The van der Waals surface area contributed by atoms with Crippen molar-refractivity contribution in [2.45, 2.75) is 37.6 Å². The van der Waals surface area contributed by atoms with Gasteiger partial charge in [-0.15, -0.1) is 0 Å². The summed E-state index contributed by atoms with van der Waals surface area (Å²) in [6.07, 6.45) is 3.45. The summed E-state index contributed by atoms with van der Waals surface area (Å²) in [5.74, 6) is 3.18. The molecule has 3 aromatic rings. The molecule has 0 bridgehead atoms. The second-order valence-corrected chi connectivity index (χ2v) is 8.24. The maximum absolute atomic E-state index is 12.7. The monoisotopic (exact) mass is 409 g/mol. The minimum absolute atomic E-state index is 0.0221. The highest BCUT2D eigenvalue weighted by Gasteiger charge is 2.33. The molecule has 2 aliphatic rings. The molecule has 8 heteroatoms. The van der Waals surface area contributed by atoms with Crippen LogP contribution < -0.4 is 10.3 Å². The highest BCUT2D eigenvalue weighted by molar-refractivity contribution is 5.42. The van der Waals surface area contributed by atoms with Gasteiger partial charge in [-0.3, -0.25) is 9.69 Å². The number of hydrogen-bond donors (Lipinski definition) is 1. The molecular weight excluding hydrogens is 382 g/mol.